The zero-order chi connectivity index (χ0) is 21.9. The van der Waals surface area contributed by atoms with E-state index < -0.39 is 20.8 Å². The van der Waals surface area contributed by atoms with Crippen LogP contribution in [0, 0.1) is 5.82 Å². The molecule has 0 radical (unpaired) electrons. The Hall–Kier alpha value is -3.78. The van der Waals surface area contributed by atoms with Gasteiger partial charge < -0.3 is 18.6 Å². The third kappa shape index (κ3) is 2.95. The molecule has 0 spiro atoms. The molecular weight excluding hydrogens is 433 g/mol. The van der Waals surface area contributed by atoms with Crippen LogP contribution in [-0.4, -0.2) is 26.7 Å². The maximum Gasteiger partial charge on any atom is 0.342 e. The van der Waals surface area contributed by atoms with Crippen LogP contribution < -0.4 is 34.5 Å². The Bertz CT molecular complexity index is 1650. The summed E-state index contributed by atoms with van der Waals surface area (Å²) in [6, 6.07) is 14.2. The third-order valence-electron chi connectivity index (χ3n) is 5.62. The molecule has 6 nitrogen and oxygen atoms in total. The van der Waals surface area contributed by atoms with E-state index >= 15 is 0 Å². The smallest absolute Gasteiger partial charge is 0.342 e. The van der Waals surface area contributed by atoms with Crippen molar-refractivity contribution < 1.29 is 26.5 Å². The van der Waals surface area contributed by atoms with Gasteiger partial charge in [-0.05, 0) is 46.8 Å². The first kappa shape index (κ1) is 18.9. The van der Waals surface area contributed by atoms with Crippen molar-refractivity contribution in [3.05, 3.63) is 81.3 Å². The van der Waals surface area contributed by atoms with E-state index in [0.717, 1.165) is 33.2 Å². The summed E-state index contributed by atoms with van der Waals surface area (Å²) < 4.78 is 55.9. The summed E-state index contributed by atoms with van der Waals surface area (Å²) in [5.41, 5.74) is 0.961. The molecule has 3 aliphatic rings. The quantitative estimate of drug-likeness (QED) is 0.551. The van der Waals surface area contributed by atoms with Crippen molar-refractivity contribution >= 4 is 34.2 Å². The monoisotopic (exact) mass is 449 g/mol. The lowest BCUT2D eigenvalue weighted by molar-refractivity contribution is 0.174. The molecule has 0 aliphatic carbocycles. The predicted octanol–water partition coefficient (Wildman–Crippen LogP) is 0.759. The molecular formula is C24H16FNO5S. The zero-order valence-corrected chi connectivity index (χ0v) is 17.4. The van der Waals surface area contributed by atoms with Crippen LogP contribution in [-0.2, 0) is 10.1 Å². The van der Waals surface area contributed by atoms with Gasteiger partial charge in [-0.15, -0.1) is 0 Å². The standard InChI is InChI=1S/C24H16FNO5S/c25-19-5-1-2-7-24(19)32(27,28)31-21-6-3-4-15-10-20-17-12-23-22(29-14-30-23)11-16(17)8-9-26(20)13-18(15)21/h1-8,10-13H,9,14H2. The molecule has 3 aliphatic heterocycles. The van der Waals surface area contributed by atoms with Crippen LogP contribution in [0.2, 0.25) is 0 Å². The van der Waals surface area contributed by atoms with Gasteiger partial charge in [-0.1, -0.05) is 30.3 Å². The molecule has 3 aromatic carbocycles. The highest BCUT2D eigenvalue weighted by Crippen LogP contribution is 2.29. The first-order valence-electron chi connectivity index (χ1n) is 9.92. The predicted molar refractivity (Wildman–Crippen MR) is 115 cm³/mol. The molecule has 0 fully saturated rings. The van der Waals surface area contributed by atoms with E-state index in [1.54, 1.807) is 12.1 Å². The number of hydrogen-bond acceptors (Lipinski definition) is 6. The van der Waals surface area contributed by atoms with Crippen molar-refractivity contribution in [2.24, 2.45) is 0 Å². The average Bonchev–Trinajstić information content (AvgIpc) is 3.24. The fraction of sp³-hybridized carbons (Fsp3) is 0.0833. The highest BCUT2D eigenvalue weighted by Gasteiger charge is 2.23. The maximum absolute atomic E-state index is 14.1. The lowest BCUT2D eigenvalue weighted by Gasteiger charge is -2.26. The molecule has 3 heterocycles. The zero-order valence-electron chi connectivity index (χ0n) is 16.6. The largest absolute Gasteiger partial charge is 0.454 e. The van der Waals surface area contributed by atoms with Gasteiger partial charge in [0.05, 0.1) is 0 Å². The topological polar surface area (TPSA) is 65.1 Å². The molecule has 0 unspecified atom stereocenters. The van der Waals surface area contributed by atoms with Crippen molar-refractivity contribution in [1.29, 1.82) is 0 Å². The number of hydrogen-bond donors (Lipinski definition) is 0. The lowest BCUT2D eigenvalue weighted by atomic mass is 10.0. The molecule has 3 aromatic rings. The van der Waals surface area contributed by atoms with Crippen LogP contribution in [0.15, 0.2) is 59.5 Å². The summed E-state index contributed by atoms with van der Waals surface area (Å²) >= 11 is 0. The second-order valence-electron chi connectivity index (χ2n) is 7.53. The third-order valence-corrected chi connectivity index (χ3v) is 6.89. The van der Waals surface area contributed by atoms with Crippen molar-refractivity contribution in [1.82, 2.24) is 4.90 Å². The van der Waals surface area contributed by atoms with Gasteiger partial charge in [0, 0.05) is 28.9 Å². The Kier molecular flexibility index (Phi) is 4.06. The van der Waals surface area contributed by atoms with Crippen LogP contribution in [0.5, 0.6) is 17.2 Å². The fourth-order valence-corrected chi connectivity index (χ4v) is 5.12. The summed E-state index contributed by atoms with van der Waals surface area (Å²) in [5.74, 6) is 0.698. The Morgan fingerprint density at radius 1 is 0.969 bits per heavy atom. The molecule has 0 atom stereocenters. The average molecular weight is 449 g/mol. The van der Waals surface area contributed by atoms with Gasteiger partial charge in [-0.2, -0.15) is 8.42 Å². The Balaban J connectivity index is 1.50. The summed E-state index contributed by atoms with van der Waals surface area (Å²) in [6.45, 7) is 0.791. The molecule has 0 bridgehead atoms. The van der Waals surface area contributed by atoms with Gasteiger partial charge in [0.2, 0.25) is 6.79 Å². The molecule has 0 aromatic heterocycles. The van der Waals surface area contributed by atoms with Crippen molar-refractivity contribution in [2.45, 2.75) is 4.90 Å². The van der Waals surface area contributed by atoms with Crippen molar-refractivity contribution in [3.63, 3.8) is 0 Å². The fourth-order valence-electron chi connectivity index (χ4n) is 4.09. The molecule has 0 amide bonds. The van der Waals surface area contributed by atoms with Crippen molar-refractivity contribution in [2.75, 3.05) is 13.3 Å². The summed E-state index contributed by atoms with van der Waals surface area (Å²) in [4.78, 5) is 1.51. The van der Waals surface area contributed by atoms with Crippen LogP contribution in [0.3, 0.4) is 0 Å². The van der Waals surface area contributed by atoms with E-state index in [2.05, 4.69) is 6.08 Å². The van der Waals surface area contributed by atoms with Gasteiger partial charge in [0.15, 0.2) is 17.2 Å². The second-order valence-corrected chi connectivity index (χ2v) is 9.05. The molecule has 0 saturated carbocycles. The van der Waals surface area contributed by atoms with Crippen LogP contribution in [0.4, 0.5) is 4.39 Å². The minimum atomic E-state index is -4.33. The Morgan fingerprint density at radius 3 is 2.62 bits per heavy atom. The molecule has 0 saturated heterocycles. The summed E-state index contributed by atoms with van der Waals surface area (Å²) in [6.07, 6.45) is 5.89. The highest BCUT2D eigenvalue weighted by molar-refractivity contribution is 7.87. The van der Waals surface area contributed by atoms with E-state index in [9.17, 15) is 12.8 Å². The van der Waals surface area contributed by atoms with E-state index in [-0.39, 0.29) is 12.5 Å². The molecule has 6 rings (SSSR count). The summed E-state index contributed by atoms with van der Waals surface area (Å²) in [5, 5.41) is 3.44. The van der Waals surface area contributed by atoms with Crippen LogP contribution in [0.25, 0.3) is 24.0 Å². The van der Waals surface area contributed by atoms with E-state index in [1.807, 2.05) is 35.4 Å². The normalized spacial score (nSPS) is 15.5. The van der Waals surface area contributed by atoms with Gasteiger partial charge in [0.1, 0.15) is 10.7 Å². The molecule has 32 heavy (non-hydrogen) atoms. The Morgan fingerprint density at radius 2 is 1.78 bits per heavy atom. The SMILES string of the molecule is O=S(=O)(Oc1cccc2c1=CN1CC=c3cc4c(cc3=C1C=2)OCO4)c1ccccc1F. The number of halogens is 1. The lowest BCUT2D eigenvalue weighted by Crippen LogP contribution is -2.43. The highest BCUT2D eigenvalue weighted by atomic mass is 32.2. The van der Waals surface area contributed by atoms with E-state index in [1.165, 1.54) is 18.2 Å². The minimum Gasteiger partial charge on any atom is -0.454 e. The van der Waals surface area contributed by atoms with Crippen LogP contribution >= 0.6 is 0 Å². The van der Waals surface area contributed by atoms with Crippen LogP contribution in [0.1, 0.15) is 0 Å². The maximum atomic E-state index is 14.1. The van der Waals surface area contributed by atoms with Gasteiger partial charge in [-0.25, -0.2) is 4.39 Å². The number of fused-ring (bicyclic) bond motifs is 4. The first-order valence-corrected chi connectivity index (χ1v) is 11.3. The van der Waals surface area contributed by atoms with Crippen molar-refractivity contribution in [3.8, 4) is 17.2 Å². The number of benzene rings is 3. The summed E-state index contributed by atoms with van der Waals surface area (Å²) in [7, 11) is -4.33. The second kappa shape index (κ2) is 6.86. The number of rotatable bonds is 3. The van der Waals surface area contributed by atoms with Gasteiger partial charge in [0.25, 0.3) is 0 Å². The first-order chi connectivity index (χ1) is 15.5. The van der Waals surface area contributed by atoms with E-state index in [0.29, 0.717) is 17.5 Å². The molecule has 8 heteroatoms. The number of ether oxygens (including phenoxy) is 2. The minimum absolute atomic E-state index is 0.137. The van der Waals surface area contributed by atoms with Gasteiger partial charge >= 0.3 is 10.1 Å². The van der Waals surface area contributed by atoms with E-state index in [4.69, 9.17) is 13.7 Å². The molecule has 160 valence electrons. The number of nitrogens with zero attached hydrogens (tertiary/aromatic N) is 1. The van der Waals surface area contributed by atoms with Gasteiger partial charge in [-0.3, -0.25) is 0 Å². The molecule has 0 N–H and O–H groups in total. The Labute approximate surface area is 182 Å².